The van der Waals surface area contributed by atoms with Gasteiger partial charge in [0.05, 0.1) is 31.3 Å². The maximum atomic E-state index is 5.27. The summed E-state index contributed by atoms with van der Waals surface area (Å²) in [6.45, 7) is 6.78. The van der Waals surface area contributed by atoms with Gasteiger partial charge in [-0.05, 0) is 32.9 Å². The first-order chi connectivity index (χ1) is 13.9. The summed E-state index contributed by atoms with van der Waals surface area (Å²) in [5, 5.41) is 5.72. The number of rotatable bonds is 1. The summed E-state index contributed by atoms with van der Waals surface area (Å²) < 4.78 is 1.80. The summed E-state index contributed by atoms with van der Waals surface area (Å²) in [4.78, 5) is 15.0. The second-order valence-corrected chi connectivity index (χ2v) is 11.1. The van der Waals surface area contributed by atoms with Crippen LogP contribution in [0.2, 0.25) is 0 Å². The molecule has 0 saturated heterocycles. The highest BCUT2D eigenvalue weighted by Gasteiger charge is 2.59. The van der Waals surface area contributed by atoms with Gasteiger partial charge in [-0.3, -0.25) is 0 Å². The highest BCUT2D eigenvalue weighted by molar-refractivity contribution is 8.20. The predicted molar refractivity (Wildman–Crippen MR) is 125 cm³/mol. The molecule has 2 atom stereocenters. The van der Waals surface area contributed by atoms with E-state index in [1.54, 1.807) is 0 Å². The standard InChI is InChI=1S/C23H20N4S2/c1-13-25-19-17-16(15-11-8-12-24-20(15)27(17)4)18-22(2,23(19,3)28-13)29-21(26-18)14-9-6-5-7-10-14/h5-12H,1-4H3. The van der Waals surface area contributed by atoms with Crippen molar-refractivity contribution >= 4 is 56.0 Å². The van der Waals surface area contributed by atoms with Gasteiger partial charge in [-0.2, -0.15) is 0 Å². The van der Waals surface area contributed by atoms with Crippen LogP contribution in [0, 0.1) is 0 Å². The van der Waals surface area contributed by atoms with E-state index in [4.69, 9.17) is 9.98 Å². The molecular formula is C23H20N4S2. The molecule has 3 aromatic rings. The average molecular weight is 417 g/mol. The predicted octanol–water partition coefficient (Wildman–Crippen LogP) is 3.68. The van der Waals surface area contributed by atoms with Crippen LogP contribution in [0.15, 0.2) is 58.6 Å². The molecule has 144 valence electrons. The van der Waals surface area contributed by atoms with E-state index in [1.807, 2.05) is 35.8 Å². The fourth-order valence-corrected chi connectivity index (χ4v) is 7.63. The number of hydrogen-bond acceptors (Lipinski definition) is 5. The van der Waals surface area contributed by atoms with Gasteiger partial charge < -0.3 is 4.57 Å². The minimum atomic E-state index is -0.212. The third-order valence-corrected chi connectivity index (χ3v) is 9.43. The first-order valence-electron chi connectivity index (χ1n) is 9.70. The summed E-state index contributed by atoms with van der Waals surface area (Å²) in [7, 11) is 2.10. The zero-order chi connectivity index (χ0) is 20.0. The Labute approximate surface area is 177 Å². The van der Waals surface area contributed by atoms with Gasteiger partial charge in [0, 0.05) is 29.4 Å². The molecule has 1 aromatic carbocycles. The van der Waals surface area contributed by atoms with Gasteiger partial charge in [-0.15, -0.1) is 0 Å². The Hall–Kier alpha value is -2.31. The minimum Gasteiger partial charge on any atom is -0.327 e. The first kappa shape index (κ1) is 17.5. The molecule has 1 aliphatic carbocycles. The van der Waals surface area contributed by atoms with Gasteiger partial charge in [0.1, 0.15) is 10.7 Å². The quantitative estimate of drug-likeness (QED) is 0.608. The van der Waals surface area contributed by atoms with Gasteiger partial charge in [0.15, 0.2) is 0 Å². The second kappa shape index (κ2) is 5.64. The van der Waals surface area contributed by atoms with Crippen LogP contribution < -0.4 is 10.6 Å². The highest BCUT2D eigenvalue weighted by atomic mass is 32.2. The largest absolute Gasteiger partial charge is 0.327 e. The summed E-state index contributed by atoms with van der Waals surface area (Å²) in [6.07, 6.45) is 1.86. The minimum absolute atomic E-state index is 0.188. The number of aliphatic imine (C=N–C) groups is 2. The lowest BCUT2D eigenvalue weighted by atomic mass is 9.83. The Morgan fingerprint density at radius 3 is 2.45 bits per heavy atom. The average Bonchev–Trinajstić information content (AvgIpc) is 3.33. The maximum absolute atomic E-state index is 5.27. The normalized spacial score (nSPS) is 27.6. The van der Waals surface area contributed by atoms with Crippen LogP contribution in [0.25, 0.3) is 22.4 Å². The molecule has 6 rings (SSSR count). The van der Waals surface area contributed by atoms with Gasteiger partial charge >= 0.3 is 0 Å². The Bertz CT molecular complexity index is 1400. The first-order valence-corrected chi connectivity index (χ1v) is 11.3. The Morgan fingerprint density at radius 2 is 1.66 bits per heavy atom. The molecule has 4 heterocycles. The smallest absolute Gasteiger partial charge is 0.140 e. The lowest BCUT2D eigenvalue weighted by Gasteiger charge is -2.42. The van der Waals surface area contributed by atoms with Crippen LogP contribution in [0.3, 0.4) is 0 Å². The van der Waals surface area contributed by atoms with Crippen LogP contribution in [0.4, 0.5) is 0 Å². The van der Waals surface area contributed by atoms with E-state index in [9.17, 15) is 0 Å². The molecule has 29 heavy (non-hydrogen) atoms. The number of pyridine rings is 1. The SMILES string of the molecule is CC1=NC2=c3c(c4cccnc4n3C)=C3N=C(c4ccccc4)SC3(C)C2(C)S1. The molecule has 0 bridgehead atoms. The fourth-order valence-electron chi connectivity index (χ4n) is 4.81. The van der Waals surface area contributed by atoms with Crippen molar-refractivity contribution in [2.45, 2.75) is 30.3 Å². The van der Waals surface area contributed by atoms with Crippen molar-refractivity contribution in [2.75, 3.05) is 0 Å². The van der Waals surface area contributed by atoms with Crippen molar-refractivity contribution in [2.24, 2.45) is 17.0 Å². The Balaban J connectivity index is 1.83. The molecule has 2 aliphatic heterocycles. The van der Waals surface area contributed by atoms with E-state index in [1.165, 1.54) is 10.8 Å². The monoisotopic (exact) mass is 416 g/mol. The highest BCUT2D eigenvalue weighted by Crippen LogP contribution is 2.61. The molecule has 4 nitrogen and oxygen atoms in total. The van der Waals surface area contributed by atoms with Crippen LogP contribution in [0.5, 0.6) is 0 Å². The molecule has 0 spiro atoms. The van der Waals surface area contributed by atoms with Crippen molar-refractivity contribution in [1.82, 2.24) is 9.55 Å². The van der Waals surface area contributed by atoms with E-state index in [-0.39, 0.29) is 9.49 Å². The molecule has 0 N–H and O–H groups in total. The van der Waals surface area contributed by atoms with Crippen molar-refractivity contribution < 1.29 is 0 Å². The van der Waals surface area contributed by atoms with Crippen molar-refractivity contribution in [3.05, 3.63) is 64.8 Å². The lowest BCUT2D eigenvalue weighted by molar-refractivity contribution is 0.664. The molecule has 6 heteroatoms. The molecule has 2 aromatic heterocycles. The Kier molecular flexibility index (Phi) is 3.41. The van der Waals surface area contributed by atoms with Crippen LogP contribution in [-0.4, -0.2) is 29.1 Å². The number of nitrogens with zero attached hydrogens (tertiary/aromatic N) is 4. The number of aryl methyl sites for hydroxylation is 1. The molecule has 0 amide bonds. The number of fused-ring (bicyclic) bond motifs is 6. The Morgan fingerprint density at radius 1 is 0.897 bits per heavy atom. The van der Waals surface area contributed by atoms with Gasteiger partial charge in [-0.1, -0.05) is 53.9 Å². The van der Waals surface area contributed by atoms with Gasteiger partial charge in [-0.25, -0.2) is 15.0 Å². The molecular weight excluding hydrogens is 396 g/mol. The number of thioether (sulfide) groups is 2. The van der Waals surface area contributed by atoms with E-state index in [0.717, 1.165) is 37.9 Å². The molecule has 3 aliphatic rings. The van der Waals surface area contributed by atoms with Crippen molar-refractivity contribution in [3.8, 4) is 0 Å². The van der Waals surface area contributed by atoms with Gasteiger partial charge in [0.2, 0.25) is 0 Å². The lowest BCUT2D eigenvalue weighted by Crippen LogP contribution is -2.54. The van der Waals surface area contributed by atoms with Crippen LogP contribution >= 0.6 is 23.5 Å². The second-order valence-electron chi connectivity index (χ2n) is 8.04. The zero-order valence-electron chi connectivity index (χ0n) is 16.7. The molecule has 2 unspecified atom stereocenters. The van der Waals surface area contributed by atoms with Crippen molar-refractivity contribution in [1.29, 1.82) is 0 Å². The van der Waals surface area contributed by atoms with E-state index in [0.29, 0.717) is 0 Å². The zero-order valence-corrected chi connectivity index (χ0v) is 18.4. The number of benzene rings is 1. The van der Waals surface area contributed by atoms with E-state index in [2.05, 4.69) is 73.8 Å². The molecule has 0 saturated carbocycles. The summed E-state index contributed by atoms with van der Waals surface area (Å²) in [6, 6.07) is 14.7. The van der Waals surface area contributed by atoms with E-state index >= 15 is 0 Å². The van der Waals surface area contributed by atoms with Crippen molar-refractivity contribution in [3.63, 3.8) is 0 Å². The van der Waals surface area contributed by atoms with Crippen LogP contribution in [-0.2, 0) is 7.05 Å². The third-order valence-electron chi connectivity index (χ3n) is 6.38. The molecule has 0 radical (unpaired) electrons. The summed E-state index contributed by atoms with van der Waals surface area (Å²) >= 11 is 3.75. The maximum Gasteiger partial charge on any atom is 0.140 e. The van der Waals surface area contributed by atoms with E-state index < -0.39 is 0 Å². The number of hydrogen-bond donors (Lipinski definition) is 0. The third kappa shape index (κ3) is 2.06. The summed E-state index contributed by atoms with van der Waals surface area (Å²) in [5.74, 6) is 0. The number of aromatic nitrogens is 2. The van der Waals surface area contributed by atoms with Gasteiger partial charge in [0.25, 0.3) is 0 Å². The fraction of sp³-hybridized carbons (Fsp3) is 0.261. The summed E-state index contributed by atoms with van der Waals surface area (Å²) in [5.41, 5.74) is 4.46. The topological polar surface area (TPSA) is 42.5 Å². The van der Waals surface area contributed by atoms with Crippen LogP contribution in [0.1, 0.15) is 26.3 Å². The molecule has 0 fully saturated rings.